The van der Waals surface area contributed by atoms with E-state index in [4.69, 9.17) is 4.99 Å². The van der Waals surface area contributed by atoms with Gasteiger partial charge in [-0.3, -0.25) is 4.99 Å². The molecule has 0 heterocycles. The van der Waals surface area contributed by atoms with Crippen molar-refractivity contribution in [3.8, 4) is 0 Å². The van der Waals surface area contributed by atoms with Crippen LogP contribution in [0.5, 0.6) is 0 Å². The summed E-state index contributed by atoms with van der Waals surface area (Å²) in [7, 11) is -3.15. The largest absolute Gasteiger partial charge is 0.357 e. The molecule has 0 aliphatic rings. The third kappa shape index (κ3) is 6.68. The number of rotatable bonds is 8. The SMILES string of the molecule is CCNC(=NCC(C)(C)c1ccccc1)NCCc1ccc(S(C)(=O)=O)cc1. The van der Waals surface area contributed by atoms with Gasteiger partial charge in [-0.25, -0.2) is 8.42 Å². The van der Waals surface area contributed by atoms with Crippen LogP contribution in [-0.4, -0.2) is 40.3 Å². The van der Waals surface area contributed by atoms with Crippen molar-refractivity contribution in [1.29, 1.82) is 0 Å². The van der Waals surface area contributed by atoms with E-state index in [1.165, 1.54) is 11.8 Å². The molecule has 0 saturated heterocycles. The number of hydrogen-bond acceptors (Lipinski definition) is 3. The first-order valence-electron chi connectivity index (χ1n) is 9.59. The van der Waals surface area contributed by atoms with Crippen molar-refractivity contribution in [1.82, 2.24) is 10.6 Å². The molecule has 2 aromatic rings. The van der Waals surface area contributed by atoms with E-state index in [-0.39, 0.29) is 5.41 Å². The van der Waals surface area contributed by atoms with Crippen molar-refractivity contribution in [2.24, 2.45) is 4.99 Å². The van der Waals surface area contributed by atoms with Crippen LogP contribution in [0.15, 0.2) is 64.5 Å². The van der Waals surface area contributed by atoms with Gasteiger partial charge in [0.05, 0.1) is 11.4 Å². The van der Waals surface area contributed by atoms with E-state index >= 15 is 0 Å². The predicted octanol–water partition coefficient (Wildman–Crippen LogP) is 3.17. The molecule has 2 N–H and O–H groups in total. The molecule has 28 heavy (non-hydrogen) atoms. The summed E-state index contributed by atoms with van der Waals surface area (Å²) in [5, 5.41) is 6.64. The second-order valence-corrected chi connectivity index (χ2v) is 9.55. The molecular formula is C22H31N3O2S. The highest BCUT2D eigenvalue weighted by atomic mass is 32.2. The van der Waals surface area contributed by atoms with Gasteiger partial charge < -0.3 is 10.6 Å². The minimum absolute atomic E-state index is 0.0505. The molecule has 0 aliphatic heterocycles. The molecule has 0 spiro atoms. The van der Waals surface area contributed by atoms with Crippen LogP contribution in [-0.2, 0) is 21.7 Å². The van der Waals surface area contributed by atoms with Gasteiger partial charge in [-0.05, 0) is 36.6 Å². The van der Waals surface area contributed by atoms with Crippen molar-refractivity contribution in [3.05, 3.63) is 65.7 Å². The van der Waals surface area contributed by atoms with Crippen LogP contribution in [0.4, 0.5) is 0 Å². The molecule has 0 fully saturated rings. The Hall–Kier alpha value is -2.34. The minimum Gasteiger partial charge on any atom is -0.357 e. The maximum Gasteiger partial charge on any atom is 0.191 e. The Bertz CT molecular complexity index is 874. The van der Waals surface area contributed by atoms with Crippen molar-refractivity contribution >= 4 is 15.8 Å². The van der Waals surface area contributed by atoms with Gasteiger partial charge in [0, 0.05) is 24.8 Å². The van der Waals surface area contributed by atoms with E-state index in [1.807, 2.05) is 25.1 Å². The Kier molecular flexibility index (Phi) is 7.63. The van der Waals surface area contributed by atoms with Crippen molar-refractivity contribution < 1.29 is 8.42 Å². The zero-order chi connectivity index (χ0) is 20.6. The van der Waals surface area contributed by atoms with Crippen LogP contribution < -0.4 is 10.6 Å². The molecular weight excluding hydrogens is 370 g/mol. The monoisotopic (exact) mass is 401 g/mol. The van der Waals surface area contributed by atoms with Gasteiger partial charge in [0.1, 0.15) is 0 Å². The molecule has 2 aromatic carbocycles. The summed E-state index contributed by atoms with van der Waals surface area (Å²) >= 11 is 0. The fourth-order valence-corrected chi connectivity index (χ4v) is 3.46. The number of nitrogens with one attached hydrogen (secondary N) is 2. The third-order valence-electron chi connectivity index (χ3n) is 4.59. The standard InChI is InChI=1S/C22H31N3O2S/c1-5-23-21(25-17-22(2,3)19-9-7-6-8-10-19)24-16-15-18-11-13-20(14-12-18)28(4,26)27/h6-14H,5,15-17H2,1-4H3,(H2,23,24,25). The van der Waals surface area contributed by atoms with Gasteiger partial charge >= 0.3 is 0 Å². The number of nitrogens with zero attached hydrogens (tertiary/aromatic N) is 1. The normalized spacial score (nSPS) is 12.6. The number of benzene rings is 2. The van der Waals surface area contributed by atoms with Crippen LogP contribution in [0.25, 0.3) is 0 Å². The number of hydrogen-bond donors (Lipinski definition) is 2. The second kappa shape index (κ2) is 9.73. The third-order valence-corrected chi connectivity index (χ3v) is 5.72. The Balaban J connectivity index is 1.94. The van der Waals surface area contributed by atoms with E-state index in [9.17, 15) is 8.42 Å². The molecule has 0 aromatic heterocycles. The van der Waals surface area contributed by atoms with E-state index in [0.717, 1.165) is 31.0 Å². The Labute approximate surface area is 169 Å². The van der Waals surface area contributed by atoms with Gasteiger partial charge in [0.25, 0.3) is 0 Å². The molecule has 0 saturated carbocycles. The van der Waals surface area contributed by atoms with Crippen molar-refractivity contribution in [2.45, 2.75) is 37.5 Å². The topological polar surface area (TPSA) is 70.6 Å². The van der Waals surface area contributed by atoms with Gasteiger partial charge in [0.15, 0.2) is 15.8 Å². The number of aliphatic imine (C=N–C) groups is 1. The van der Waals surface area contributed by atoms with Crippen LogP contribution in [0.3, 0.4) is 0 Å². The minimum atomic E-state index is -3.15. The molecule has 5 nitrogen and oxygen atoms in total. The first kappa shape index (κ1) is 22.0. The highest BCUT2D eigenvalue weighted by Crippen LogP contribution is 2.22. The molecule has 0 bridgehead atoms. The highest BCUT2D eigenvalue weighted by Gasteiger charge is 2.20. The predicted molar refractivity (Wildman–Crippen MR) is 117 cm³/mol. The van der Waals surface area contributed by atoms with E-state index in [2.05, 4.69) is 48.7 Å². The maximum absolute atomic E-state index is 11.5. The lowest BCUT2D eigenvalue weighted by Crippen LogP contribution is -2.39. The van der Waals surface area contributed by atoms with Gasteiger partial charge in [-0.2, -0.15) is 0 Å². The molecule has 0 radical (unpaired) electrons. The quantitative estimate of drug-likeness (QED) is 0.527. The zero-order valence-corrected chi connectivity index (χ0v) is 18.0. The first-order chi connectivity index (χ1) is 13.2. The lowest BCUT2D eigenvalue weighted by atomic mass is 9.85. The van der Waals surface area contributed by atoms with E-state index in [0.29, 0.717) is 11.4 Å². The average molecular weight is 402 g/mol. The van der Waals surface area contributed by atoms with Crippen LogP contribution >= 0.6 is 0 Å². The van der Waals surface area contributed by atoms with E-state index in [1.54, 1.807) is 12.1 Å². The fourth-order valence-electron chi connectivity index (χ4n) is 2.83. The van der Waals surface area contributed by atoms with Crippen LogP contribution in [0.1, 0.15) is 31.9 Å². The highest BCUT2D eigenvalue weighted by molar-refractivity contribution is 7.90. The molecule has 0 amide bonds. The number of guanidine groups is 1. The van der Waals surface area contributed by atoms with Crippen molar-refractivity contribution in [3.63, 3.8) is 0 Å². The Morgan fingerprint density at radius 2 is 1.64 bits per heavy atom. The molecule has 0 atom stereocenters. The summed E-state index contributed by atoms with van der Waals surface area (Å²) in [6.07, 6.45) is 2.01. The summed E-state index contributed by atoms with van der Waals surface area (Å²) in [5.74, 6) is 0.791. The van der Waals surface area contributed by atoms with Gasteiger partial charge in [0.2, 0.25) is 0 Å². The lowest BCUT2D eigenvalue weighted by Gasteiger charge is -2.24. The molecule has 0 unspecified atom stereocenters. The summed E-state index contributed by atoms with van der Waals surface area (Å²) in [4.78, 5) is 5.10. The van der Waals surface area contributed by atoms with E-state index < -0.39 is 9.84 Å². The Morgan fingerprint density at radius 1 is 1.00 bits per heavy atom. The second-order valence-electron chi connectivity index (χ2n) is 7.54. The van der Waals surface area contributed by atoms with Crippen LogP contribution in [0.2, 0.25) is 0 Å². The summed E-state index contributed by atoms with van der Waals surface area (Å²) < 4.78 is 23.1. The first-order valence-corrected chi connectivity index (χ1v) is 11.5. The molecule has 0 aliphatic carbocycles. The van der Waals surface area contributed by atoms with Crippen molar-refractivity contribution in [2.75, 3.05) is 25.9 Å². The van der Waals surface area contributed by atoms with Gasteiger partial charge in [-0.15, -0.1) is 0 Å². The zero-order valence-electron chi connectivity index (χ0n) is 17.2. The maximum atomic E-state index is 11.5. The average Bonchev–Trinajstić information content (AvgIpc) is 2.66. The lowest BCUT2D eigenvalue weighted by molar-refractivity contribution is 0.537. The Morgan fingerprint density at radius 3 is 2.21 bits per heavy atom. The summed E-state index contributed by atoms with van der Waals surface area (Å²) in [6.45, 7) is 8.62. The van der Waals surface area contributed by atoms with Crippen LogP contribution in [0, 0.1) is 0 Å². The van der Waals surface area contributed by atoms with Gasteiger partial charge in [-0.1, -0.05) is 56.3 Å². The fraction of sp³-hybridized carbons (Fsp3) is 0.409. The molecule has 152 valence electrons. The molecule has 2 rings (SSSR count). The smallest absolute Gasteiger partial charge is 0.191 e. The summed E-state index contributed by atoms with van der Waals surface area (Å²) in [5.41, 5.74) is 2.30. The number of sulfone groups is 1. The summed E-state index contributed by atoms with van der Waals surface area (Å²) in [6, 6.07) is 17.4. The molecule has 6 heteroatoms.